The zero-order valence-corrected chi connectivity index (χ0v) is 10.5. The summed E-state index contributed by atoms with van der Waals surface area (Å²) in [4.78, 5) is 10.7. The molecule has 0 spiro atoms. The molecule has 0 bridgehead atoms. The van der Waals surface area contributed by atoms with Gasteiger partial charge in [-0.25, -0.2) is 13.2 Å². The number of sulfone groups is 1. The minimum atomic E-state index is -3.13. The molecule has 1 aliphatic rings. The second-order valence-electron chi connectivity index (χ2n) is 3.26. The lowest BCUT2D eigenvalue weighted by molar-refractivity contribution is -0.139. The third-order valence-corrected chi connectivity index (χ3v) is 2.54. The standard InChI is InChI=1S/C7H10O3.C4H6O2S/c1-5(2)7(8)10-4-6-3-9-6;1-3-7(5,6)4-2/h6H,1,3-4H2,2H3;3-4H,1-2H2. The Labute approximate surface area is 101 Å². The molecule has 0 amide bonds. The molecule has 1 saturated heterocycles. The van der Waals surface area contributed by atoms with Crippen molar-refractivity contribution in [2.75, 3.05) is 13.2 Å². The average molecular weight is 260 g/mol. The summed E-state index contributed by atoms with van der Waals surface area (Å²) >= 11 is 0. The molecule has 0 saturated carbocycles. The maximum absolute atomic E-state index is 10.7. The van der Waals surface area contributed by atoms with Gasteiger partial charge in [0.15, 0.2) is 9.84 Å². The van der Waals surface area contributed by atoms with Gasteiger partial charge >= 0.3 is 5.97 Å². The number of epoxide rings is 1. The van der Waals surface area contributed by atoms with Crippen molar-refractivity contribution in [2.45, 2.75) is 13.0 Å². The summed E-state index contributed by atoms with van der Waals surface area (Å²) < 4.78 is 29.9. The molecule has 5 nitrogen and oxygen atoms in total. The topological polar surface area (TPSA) is 73.0 Å². The quantitative estimate of drug-likeness (QED) is 0.422. The Bertz CT molecular complexity index is 390. The first-order chi connectivity index (χ1) is 7.82. The van der Waals surface area contributed by atoms with Gasteiger partial charge in [0.1, 0.15) is 12.7 Å². The molecule has 0 aromatic rings. The van der Waals surface area contributed by atoms with Crippen LogP contribution in [0.15, 0.2) is 36.1 Å². The lowest BCUT2D eigenvalue weighted by Gasteiger charge is -1.99. The fourth-order valence-electron chi connectivity index (χ4n) is 0.524. The van der Waals surface area contributed by atoms with Crippen LogP contribution in [0, 0.1) is 0 Å². The molecule has 1 atom stereocenters. The van der Waals surface area contributed by atoms with Gasteiger partial charge in [0.05, 0.1) is 6.61 Å². The van der Waals surface area contributed by atoms with Crippen LogP contribution in [0.2, 0.25) is 0 Å². The highest BCUT2D eigenvalue weighted by Gasteiger charge is 2.24. The van der Waals surface area contributed by atoms with Gasteiger partial charge in [-0.2, -0.15) is 0 Å². The van der Waals surface area contributed by atoms with Gasteiger partial charge in [-0.15, -0.1) is 0 Å². The van der Waals surface area contributed by atoms with Crippen LogP contribution in [0.5, 0.6) is 0 Å². The zero-order chi connectivity index (χ0) is 13.5. The molecule has 1 aliphatic heterocycles. The summed E-state index contributed by atoms with van der Waals surface area (Å²) in [6.45, 7) is 12.2. The van der Waals surface area contributed by atoms with Gasteiger partial charge in [-0.1, -0.05) is 19.7 Å². The van der Waals surface area contributed by atoms with E-state index in [0.29, 0.717) is 18.8 Å². The van der Waals surface area contributed by atoms with Crippen molar-refractivity contribution in [3.05, 3.63) is 36.1 Å². The largest absolute Gasteiger partial charge is 0.459 e. The van der Waals surface area contributed by atoms with E-state index in [4.69, 9.17) is 9.47 Å². The van der Waals surface area contributed by atoms with Crippen molar-refractivity contribution in [2.24, 2.45) is 0 Å². The number of rotatable bonds is 5. The molecule has 0 N–H and O–H groups in total. The molecule has 1 rings (SSSR count). The van der Waals surface area contributed by atoms with Gasteiger partial charge in [-0.3, -0.25) is 0 Å². The van der Waals surface area contributed by atoms with E-state index in [9.17, 15) is 13.2 Å². The first kappa shape index (κ1) is 15.6. The lowest BCUT2D eigenvalue weighted by Crippen LogP contribution is -2.09. The molecule has 0 radical (unpaired) electrons. The number of carbonyl (C=O) groups excluding carboxylic acids is 1. The van der Waals surface area contributed by atoms with E-state index in [0.717, 1.165) is 10.8 Å². The monoisotopic (exact) mass is 260 g/mol. The second-order valence-corrected chi connectivity index (χ2v) is 5.10. The van der Waals surface area contributed by atoms with Crippen LogP contribution in [0.25, 0.3) is 0 Å². The van der Waals surface area contributed by atoms with Crippen LogP contribution in [-0.2, 0) is 24.1 Å². The van der Waals surface area contributed by atoms with E-state index in [-0.39, 0.29) is 12.1 Å². The van der Waals surface area contributed by atoms with Crippen LogP contribution >= 0.6 is 0 Å². The van der Waals surface area contributed by atoms with E-state index in [1.54, 1.807) is 6.92 Å². The number of ether oxygens (including phenoxy) is 2. The van der Waals surface area contributed by atoms with Crippen LogP contribution < -0.4 is 0 Å². The molecule has 6 heteroatoms. The summed E-state index contributed by atoms with van der Waals surface area (Å²) in [6.07, 6.45) is 0.142. The van der Waals surface area contributed by atoms with Gasteiger partial charge in [0.25, 0.3) is 0 Å². The minimum absolute atomic E-state index is 0.142. The Balaban J connectivity index is 0.000000325. The Morgan fingerprint density at radius 3 is 2.18 bits per heavy atom. The molecule has 1 unspecified atom stereocenters. The summed E-state index contributed by atoms with van der Waals surface area (Å²) in [7, 11) is -3.13. The maximum atomic E-state index is 10.7. The zero-order valence-electron chi connectivity index (χ0n) is 9.72. The van der Waals surface area contributed by atoms with Crippen LogP contribution in [0.4, 0.5) is 0 Å². The fraction of sp³-hybridized carbons (Fsp3) is 0.364. The van der Waals surface area contributed by atoms with E-state index in [2.05, 4.69) is 19.7 Å². The SMILES string of the molecule is C=C(C)C(=O)OCC1CO1.C=CS(=O)(=O)C=C. The fourth-order valence-corrected chi connectivity index (χ4v) is 0.660. The van der Waals surface area contributed by atoms with Crippen molar-refractivity contribution in [3.8, 4) is 0 Å². The molecule has 1 fully saturated rings. The highest BCUT2D eigenvalue weighted by Crippen LogP contribution is 2.09. The Morgan fingerprint density at radius 2 is 1.94 bits per heavy atom. The van der Waals surface area contributed by atoms with E-state index in [1.807, 2.05) is 0 Å². The molecular weight excluding hydrogens is 244 g/mol. The Kier molecular flexibility index (Phi) is 6.45. The molecule has 0 aromatic heterocycles. The van der Waals surface area contributed by atoms with Crippen molar-refractivity contribution >= 4 is 15.8 Å². The normalized spacial score (nSPS) is 17.1. The minimum Gasteiger partial charge on any atom is -0.459 e. The average Bonchev–Trinajstić information content (AvgIpc) is 3.10. The third kappa shape index (κ3) is 8.41. The highest BCUT2D eigenvalue weighted by atomic mass is 32.2. The first-order valence-electron chi connectivity index (χ1n) is 4.76. The van der Waals surface area contributed by atoms with Crippen molar-refractivity contribution in [1.82, 2.24) is 0 Å². The summed E-state index contributed by atoms with van der Waals surface area (Å²) in [5.41, 5.74) is 0.431. The molecule has 1 heterocycles. The van der Waals surface area contributed by atoms with Crippen LogP contribution in [0.1, 0.15) is 6.92 Å². The van der Waals surface area contributed by atoms with E-state index < -0.39 is 9.84 Å². The van der Waals surface area contributed by atoms with Crippen LogP contribution in [0.3, 0.4) is 0 Å². The van der Waals surface area contributed by atoms with Gasteiger partial charge < -0.3 is 9.47 Å². The van der Waals surface area contributed by atoms with Crippen molar-refractivity contribution in [1.29, 1.82) is 0 Å². The molecule has 17 heavy (non-hydrogen) atoms. The number of hydrogen-bond donors (Lipinski definition) is 0. The van der Waals surface area contributed by atoms with Crippen molar-refractivity contribution < 1.29 is 22.7 Å². The smallest absolute Gasteiger partial charge is 0.333 e. The van der Waals surface area contributed by atoms with Gasteiger partial charge in [-0.05, 0) is 6.92 Å². The maximum Gasteiger partial charge on any atom is 0.333 e. The second kappa shape index (κ2) is 7.03. The van der Waals surface area contributed by atoms with Gasteiger partial charge in [0.2, 0.25) is 0 Å². The molecule has 96 valence electrons. The van der Waals surface area contributed by atoms with Crippen LogP contribution in [-0.4, -0.2) is 33.7 Å². The number of hydrogen-bond acceptors (Lipinski definition) is 5. The van der Waals surface area contributed by atoms with E-state index >= 15 is 0 Å². The Hall–Kier alpha value is -1.40. The third-order valence-electron chi connectivity index (χ3n) is 1.62. The van der Waals surface area contributed by atoms with Gasteiger partial charge in [0, 0.05) is 16.4 Å². The lowest BCUT2D eigenvalue weighted by atomic mass is 10.4. The first-order valence-corrected chi connectivity index (χ1v) is 6.37. The summed E-state index contributed by atoms with van der Waals surface area (Å²) in [5.74, 6) is -0.337. The number of carbonyl (C=O) groups is 1. The molecular formula is C11H16O5S. The Morgan fingerprint density at radius 1 is 1.47 bits per heavy atom. The summed E-state index contributed by atoms with van der Waals surface area (Å²) in [5, 5.41) is 1.69. The summed E-state index contributed by atoms with van der Waals surface area (Å²) in [6, 6.07) is 0. The predicted molar refractivity (Wildman–Crippen MR) is 64.8 cm³/mol. The molecule has 0 aromatic carbocycles. The van der Waals surface area contributed by atoms with E-state index in [1.165, 1.54) is 0 Å². The predicted octanol–water partition coefficient (Wildman–Crippen LogP) is 1.19. The molecule has 0 aliphatic carbocycles. The number of esters is 1. The highest BCUT2D eigenvalue weighted by molar-refractivity contribution is 7.97. The van der Waals surface area contributed by atoms with Crippen molar-refractivity contribution in [3.63, 3.8) is 0 Å².